The minimum Gasteiger partial charge on any atom is -0.466 e. The third-order valence-corrected chi connectivity index (χ3v) is 4.18. The van der Waals surface area contributed by atoms with Crippen LogP contribution in [0.25, 0.3) is 0 Å². The first-order valence-electron chi connectivity index (χ1n) is 7.09. The number of ether oxygens (including phenoxy) is 1. The van der Waals surface area contributed by atoms with E-state index in [9.17, 15) is 4.79 Å². The van der Waals surface area contributed by atoms with E-state index in [2.05, 4.69) is 19.2 Å². The maximum absolute atomic E-state index is 11.4. The molecule has 1 fully saturated rings. The summed E-state index contributed by atoms with van der Waals surface area (Å²) >= 11 is 0. The van der Waals surface area contributed by atoms with Crippen LogP contribution in [0, 0.1) is 11.8 Å². The van der Waals surface area contributed by atoms with Crippen LogP contribution in [-0.2, 0) is 9.53 Å². The number of hydrogen-bond acceptors (Lipinski definition) is 3. The standard InChI is InChI=1S/C15H27NO2/c1-5-13(15(17)18-4)8-9-16-14-7-6-11(2)12(3)10-14/h8,11-12,14,16H,5-7,9-10H2,1-4H3. The van der Waals surface area contributed by atoms with Gasteiger partial charge < -0.3 is 10.1 Å². The highest BCUT2D eigenvalue weighted by Crippen LogP contribution is 2.29. The zero-order valence-corrected chi connectivity index (χ0v) is 12.2. The van der Waals surface area contributed by atoms with E-state index in [1.807, 2.05) is 13.0 Å². The van der Waals surface area contributed by atoms with Crippen molar-refractivity contribution in [2.45, 2.75) is 52.5 Å². The van der Waals surface area contributed by atoms with E-state index in [1.165, 1.54) is 26.4 Å². The average molecular weight is 253 g/mol. The lowest BCUT2D eigenvalue weighted by Crippen LogP contribution is -2.36. The zero-order valence-electron chi connectivity index (χ0n) is 12.2. The summed E-state index contributed by atoms with van der Waals surface area (Å²) < 4.78 is 4.74. The van der Waals surface area contributed by atoms with Crippen molar-refractivity contribution in [3.8, 4) is 0 Å². The number of rotatable bonds is 5. The topological polar surface area (TPSA) is 38.3 Å². The van der Waals surface area contributed by atoms with Crippen molar-refractivity contribution >= 4 is 5.97 Å². The summed E-state index contributed by atoms with van der Waals surface area (Å²) in [4.78, 5) is 11.4. The van der Waals surface area contributed by atoms with E-state index in [-0.39, 0.29) is 5.97 Å². The molecule has 1 saturated carbocycles. The number of carbonyl (C=O) groups is 1. The maximum Gasteiger partial charge on any atom is 0.333 e. The van der Waals surface area contributed by atoms with E-state index >= 15 is 0 Å². The second kappa shape index (κ2) is 7.57. The molecule has 3 unspecified atom stereocenters. The fraction of sp³-hybridized carbons (Fsp3) is 0.800. The molecule has 0 aliphatic heterocycles. The number of nitrogens with one attached hydrogen (secondary N) is 1. The molecule has 0 amide bonds. The van der Waals surface area contributed by atoms with Gasteiger partial charge in [0.2, 0.25) is 0 Å². The molecule has 3 nitrogen and oxygen atoms in total. The Balaban J connectivity index is 2.36. The zero-order chi connectivity index (χ0) is 13.5. The first kappa shape index (κ1) is 15.2. The van der Waals surface area contributed by atoms with Crippen molar-refractivity contribution in [3.63, 3.8) is 0 Å². The Kier molecular flexibility index (Phi) is 6.41. The van der Waals surface area contributed by atoms with Crippen LogP contribution in [0.4, 0.5) is 0 Å². The molecule has 0 spiro atoms. The van der Waals surface area contributed by atoms with E-state index in [0.717, 1.165) is 30.4 Å². The molecule has 0 radical (unpaired) electrons. The van der Waals surface area contributed by atoms with E-state index in [0.29, 0.717) is 6.04 Å². The molecule has 1 aliphatic carbocycles. The molecule has 1 aliphatic rings. The van der Waals surface area contributed by atoms with Gasteiger partial charge in [0.15, 0.2) is 0 Å². The summed E-state index contributed by atoms with van der Waals surface area (Å²) in [6, 6.07) is 0.600. The van der Waals surface area contributed by atoms with Gasteiger partial charge >= 0.3 is 5.97 Å². The Labute approximate surface area is 111 Å². The highest BCUT2D eigenvalue weighted by atomic mass is 16.5. The summed E-state index contributed by atoms with van der Waals surface area (Å²) in [5.41, 5.74) is 0.766. The van der Waals surface area contributed by atoms with Crippen molar-refractivity contribution in [2.24, 2.45) is 11.8 Å². The average Bonchev–Trinajstić information content (AvgIpc) is 2.38. The molecule has 104 valence electrons. The molecule has 3 atom stereocenters. The highest BCUT2D eigenvalue weighted by molar-refractivity contribution is 5.88. The second-order valence-electron chi connectivity index (χ2n) is 5.45. The van der Waals surface area contributed by atoms with Crippen LogP contribution < -0.4 is 5.32 Å². The summed E-state index contributed by atoms with van der Waals surface area (Å²) in [5, 5.41) is 3.53. The van der Waals surface area contributed by atoms with Gasteiger partial charge in [-0.15, -0.1) is 0 Å². The first-order chi connectivity index (χ1) is 8.58. The molecule has 0 bridgehead atoms. The Hall–Kier alpha value is -0.830. The van der Waals surface area contributed by atoms with Gasteiger partial charge in [-0.2, -0.15) is 0 Å². The van der Waals surface area contributed by atoms with Crippen LogP contribution in [0.1, 0.15) is 46.5 Å². The van der Waals surface area contributed by atoms with E-state index in [1.54, 1.807) is 0 Å². The van der Waals surface area contributed by atoms with Gasteiger partial charge in [-0.05, 0) is 37.5 Å². The number of methoxy groups -OCH3 is 1. The monoisotopic (exact) mass is 253 g/mol. The van der Waals surface area contributed by atoms with Crippen LogP contribution in [0.5, 0.6) is 0 Å². The van der Waals surface area contributed by atoms with Gasteiger partial charge in [-0.25, -0.2) is 4.79 Å². The Morgan fingerprint density at radius 2 is 2.06 bits per heavy atom. The lowest BCUT2D eigenvalue weighted by Gasteiger charge is -2.32. The lowest BCUT2D eigenvalue weighted by atomic mass is 9.79. The van der Waals surface area contributed by atoms with Crippen molar-refractivity contribution in [1.82, 2.24) is 5.32 Å². The molecular formula is C15H27NO2. The molecule has 18 heavy (non-hydrogen) atoms. The third kappa shape index (κ3) is 4.45. The van der Waals surface area contributed by atoms with Crippen LogP contribution in [0.2, 0.25) is 0 Å². The molecule has 0 aromatic heterocycles. The second-order valence-corrected chi connectivity index (χ2v) is 5.45. The molecule has 3 heteroatoms. The summed E-state index contributed by atoms with van der Waals surface area (Å²) in [6.45, 7) is 7.42. The van der Waals surface area contributed by atoms with Gasteiger partial charge in [0, 0.05) is 18.2 Å². The van der Waals surface area contributed by atoms with Gasteiger partial charge in [-0.3, -0.25) is 0 Å². The van der Waals surface area contributed by atoms with Crippen LogP contribution in [-0.4, -0.2) is 25.7 Å². The molecular weight excluding hydrogens is 226 g/mol. The van der Waals surface area contributed by atoms with Crippen LogP contribution in [0.15, 0.2) is 11.6 Å². The van der Waals surface area contributed by atoms with Crippen molar-refractivity contribution in [3.05, 3.63) is 11.6 Å². The predicted molar refractivity (Wildman–Crippen MR) is 74.4 cm³/mol. The van der Waals surface area contributed by atoms with Gasteiger partial charge in [0.25, 0.3) is 0 Å². The lowest BCUT2D eigenvalue weighted by molar-refractivity contribution is -0.136. The van der Waals surface area contributed by atoms with E-state index < -0.39 is 0 Å². The first-order valence-corrected chi connectivity index (χ1v) is 7.09. The molecule has 1 N–H and O–H groups in total. The van der Waals surface area contributed by atoms with Gasteiger partial charge in [-0.1, -0.05) is 26.8 Å². The molecule has 0 aromatic rings. The Morgan fingerprint density at radius 1 is 1.33 bits per heavy atom. The Bertz CT molecular complexity index is 299. The third-order valence-electron chi connectivity index (χ3n) is 4.18. The van der Waals surface area contributed by atoms with E-state index in [4.69, 9.17) is 4.74 Å². The summed E-state index contributed by atoms with van der Waals surface area (Å²) in [7, 11) is 1.43. The summed E-state index contributed by atoms with van der Waals surface area (Å²) in [6.07, 6.45) is 6.49. The molecule has 1 rings (SSSR count). The number of hydrogen-bond donors (Lipinski definition) is 1. The van der Waals surface area contributed by atoms with Gasteiger partial charge in [0.05, 0.1) is 7.11 Å². The number of carbonyl (C=O) groups excluding carboxylic acids is 1. The molecule has 0 aromatic carbocycles. The normalized spacial score (nSPS) is 29.1. The van der Waals surface area contributed by atoms with Gasteiger partial charge in [0.1, 0.15) is 0 Å². The largest absolute Gasteiger partial charge is 0.466 e. The van der Waals surface area contributed by atoms with Crippen molar-refractivity contribution < 1.29 is 9.53 Å². The fourth-order valence-electron chi connectivity index (χ4n) is 2.58. The quantitative estimate of drug-likeness (QED) is 0.605. The minimum absolute atomic E-state index is 0.204. The fourth-order valence-corrected chi connectivity index (χ4v) is 2.58. The van der Waals surface area contributed by atoms with Crippen molar-refractivity contribution in [1.29, 1.82) is 0 Å². The molecule has 0 heterocycles. The minimum atomic E-state index is -0.204. The number of esters is 1. The highest BCUT2D eigenvalue weighted by Gasteiger charge is 2.23. The summed E-state index contributed by atoms with van der Waals surface area (Å²) in [5.74, 6) is 1.44. The van der Waals surface area contributed by atoms with Crippen LogP contribution >= 0.6 is 0 Å². The van der Waals surface area contributed by atoms with Crippen molar-refractivity contribution in [2.75, 3.05) is 13.7 Å². The van der Waals surface area contributed by atoms with Crippen LogP contribution in [0.3, 0.4) is 0 Å². The Morgan fingerprint density at radius 3 is 2.61 bits per heavy atom. The SMILES string of the molecule is CCC(=CCNC1CCC(C)C(C)C1)C(=O)OC. The smallest absolute Gasteiger partial charge is 0.333 e. The maximum atomic E-state index is 11.4. The molecule has 0 saturated heterocycles. The predicted octanol–water partition coefficient (Wildman–Crippen LogP) is 2.91.